The van der Waals surface area contributed by atoms with Gasteiger partial charge in [0, 0.05) is 24.0 Å². The number of hydrogen-bond donors (Lipinski definition) is 3. The van der Waals surface area contributed by atoms with Crippen LogP contribution in [-0.4, -0.2) is 24.9 Å². The maximum absolute atomic E-state index is 13.1. The Hall–Kier alpha value is -5.00. The van der Waals surface area contributed by atoms with E-state index in [0.29, 0.717) is 22.3 Å². The van der Waals surface area contributed by atoms with Crippen LogP contribution in [0.1, 0.15) is 24.1 Å². The number of para-hydroxylation sites is 1. The Kier molecular flexibility index (Phi) is 6.37. The SMILES string of the molecule is C[C@H](Nc1nc(Oc2cccc3[nH]c(=O)c(N)nc23)cc(-c2ccc(C(F)(F)F)cc2)n1)c1cccnc1. The van der Waals surface area contributed by atoms with Crippen molar-refractivity contribution in [1.82, 2.24) is 24.9 Å². The summed E-state index contributed by atoms with van der Waals surface area (Å²) in [5.41, 5.74) is 6.72. The molecule has 0 radical (unpaired) electrons. The van der Waals surface area contributed by atoms with Crippen molar-refractivity contribution in [1.29, 1.82) is 0 Å². The van der Waals surface area contributed by atoms with E-state index in [0.717, 1.165) is 17.7 Å². The van der Waals surface area contributed by atoms with E-state index < -0.39 is 17.3 Å². The highest BCUT2D eigenvalue weighted by Crippen LogP contribution is 2.33. The first-order valence-corrected chi connectivity index (χ1v) is 11.4. The van der Waals surface area contributed by atoms with Crippen molar-refractivity contribution in [3.05, 3.63) is 94.5 Å². The highest BCUT2D eigenvalue weighted by atomic mass is 19.4. The van der Waals surface area contributed by atoms with Crippen molar-refractivity contribution in [3.63, 3.8) is 0 Å². The van der Waals surface area contributed by atoms with E-state index in [4.69, 9.17) is 10.5 Å². The van der Waals surface area contributed by atoms with Crippen molar-refractivity contribution >= 4 is 22.8 Å². The largest absolute Gasteiger partial charge is 0.436 e. The number of alkyl halides is 3. The zero-order valence-corrected chi connectivity index (χ0v) is 19.8. The van der Waals surface area contributed by atoms with Crippen molar-refractivity contribution in [2.45, 2.75) is 19.1 Å². The molecule has 0 amide bonds. The fraction of sp³-hybridized carbons (Fsp3) is 0.115. The van der Waals surface area contributed by atoms with Crippen LogP contribution in [0.4, 0.5) is 24.9 Å². The predicted molar refractivity (Wildman–Crippen MR) is 136 cm³/mol. The van der Waals surface area contributed by atoms with Gasteiger partial charge in [0.05, 0.1) is 22.8 Å². The Morgan fingerprint density at radius 3 is 2.53 bits per heavy atom. The summed E-state index contributed by atoms with van der Waals surface area (Å²) in [6.45, 7) is 1.89. The van der Waals surface area contributed by atoms with E-state index in [1.54, 1.807) is 36.7 Å². The lowest BCUT2D eigenvalue weighted by Gasteiger charge is -2.16. The zero-order valence-electron chi connectivity index (χ0n) is 19.8. The van der Waals surface area contributed by atoms with Crippen LogP contribution in [0.5, 0.6) is 11.6 Å². The number of H-pyrrole nitrogens is 1. The number of nitrogens with two attached hydrogens (primary N) is 1. The first-order chi connectivity index (χ1) is 18.2. The Bertz CT molecular complexity index is 1660. The Morgan fingerprint density at radius 2 is 1.82 bits per heavy atom. The number of nitrogens with one attached hydrogen (secondary N) is 2. The van der Waals surface area contributed by atoms with Gasteiger partial charge < -0.3 is 20.8 Å². The average Bonchev–Trinajstić information content (AvgIpc) is 2.90. The second-order valence-corrected chi connectivity index (χ2v) is 8.35. The number of hydrogen-bond acceptors (Lipinski definition) is 8. The van der Waals surface area contributed by atoms with Gasteiger partial charge in [0.1, 0.15) is 5.52 Å². The van der Waals surface area contributed by atoms with Gasteiger partial charge >= 0.3 is 6.18 Å². The monoisotopic (exact) mass is 519 g/mol. The number of ether oxygens (including phenoxy) is 1. The summed E-state index contributed by atoms with van der Waals surface area (Å²) >= 11 is 0. The number of aromatic nitrogens is 5. The number of nitrogens with zero attached hydrogens (tertiary/aromatic N) is 4. The third-order valence-electron chi connectivity index (χ3n) is 5.67. The Labute approximate surface area is 213 Å². The molecule has 0 bridgehead atoms. The number of halogens is 3. The number of nitrogen functional groups attached to an aromatic ring is 1. The highest BCUT2D eigenvalue weighted by molar-refractivity contribution is 5.82. The molecule has 0 aliphatic heterocycles. The number of pyridine rings is 1. The molecule has 4 N–H and O–H groups in total. The number of aromatic amines is 1. The van der Waals surface area contributed by atoms with E-state index in [1.165, 1.54) is 18.2 Å². The van der Waals surface area contributed by atoms with Crippen LogP contribution < -0.4 is 21.3 Å². The summed E-state index contributed by atoms with van der Waals surface area (Å²) in [5, 5.41) is 3.18. The maximum Gasteiger partial charge on any atom is 0.416 e. The van der Waals surface area contributed by atoms with Crippen molar-refractivity contribution in [2.75, 3.05) is 11.1 Å². The molecule has 0 aliphatic carbocycles. The molecule has 0 unspecified atom stereocenters. The lowest BCUT2D eigenvalue weighted by Crippen LogP contribution is -2.14. The second kappa shape index (κ2) is 9.81. The smallest absolute Gasteiger partial charge is 0.416 e. The lowest BCUT2D eigenvalue weighted by molar-refractivity contribution is -0.137. The van der Waals surface area contributed by atoms with Gasteiger partial charge in [0.15, 0.2) is 11.6 Å². The third-order valence-corrected chi connectivity index (χ3v) is 5.67. The normalized spacial score (nSPS) is 12.3. The van der Waals surface area contributed by atoms with Gasteiger partial charge in [-0.2, -0.15) is 18.2 Å². The molecule has 5 aromatic rings. The summed E-state index contributed by atoms with van der Waals surface area (Å²) < 4.78 is 45.3. The van der Waals surface area contributed by atoms with E-state index in [1.807, 2.05) is 13.0 Å². The van der Waals surface area contributed by atoms with Gasteiger partial charge in [-0.25, -0.2) is 9.97 Å². The Balaban J connectivity index is 1.56. The molecule has 0 fully saturated rings. The molecule has 9 nitrogen and oxygen atoms in total. The molecule has 0 saturated heterocycles. The van der Waals surface area contributed by atoms with Crippen LogP contribution in [0, 0.1) is 0 Å². The first-order valence-electron chi connectivity index (χ1n) is 11.4. The number of anilines is 2. The molecule has 3 heterocycles. The minimum atomic E-state index is -4.46. The summed E-state index contributed by atoms with van der Waals surface area (Å²) in [7, 11) is 0. The number of benzene rings is 2. The second-order valence-electron chi connectivity index (χ2n) is 8.35. The predicted octanol–water partition coefficient (Wildman–Crippen LogP) is 5.34. The lowest BCUT2D eigenvalue weighted by atomic mass is 10.1. The summed E-state index contributed by atoms with van der Waals surface area (Å²) in [5.74, 6) is 0.299. The highest BCUT2D eigenvalue weighted by Gasteiger charge is 2.30. The molecule has 192 valence electrons. The van der Waals surface area contributed by atoms with Gasteiger partial charge in [-0.15, -0.1) is 0 Å². The van der Waals surface area contributed by atoms with E-state index in [2.05, 4.69) is 30.2 Å². The molecule has 5 rings (SSSR count). The third kappa shape index (κ3) is 5.24. The van der Waals surface area contributed by atoms with Gasteiger partial charge in [0.2, 0.25) is 11.8 Å². The van der Waals surface area contributed by atoms with Crippen LogP contribution in [0.25, 0.3) is 22.3 Å². The van der Waals surface area contributed by atoms with Crippen LogP contribution in [0.15, 0.2) is 77.9 Å². The zero-order chi connectivity index (χ0) is 26.9. The van der Waals surface area contributed by atoms with Gasteiger partial charge in [0.25, 0.3) is 5.56 Å². The van der Waals surface area contributed by atoms with E-state index >= 15 is 0 Å². The topological polar surface area (TPSA) is 132 Å². The molecule has 1 atom stereocenters. The van der Waals surface area contributed by atoms with Crippen LogP contribution in [0.2, 0.25) is 0 Å². The van der Waals surface area contributed by atoms with E-state index in [9.17, 15) is 18.0 Å². The number of fused-ring (bicyclic) bond motifs is 1. The van der Waals surface area contributed by atoms with Gasteiger partial charge in [-0.3, -0.25) is 9.78 Å². The molecule has 3 aromatic heterocycles. The molecule has 12 heteroatoms. The molecule has 2 aromatic carbocycles. The quantitative estimate of drug-likeness (QED) is 0.274. The van der Waals surface area contributed by atoms with Crippen molar-refractivity contribution < 1.29 is 17.9 Å². The van der Waals surface area contributed by atoms with E-state index in [-0.39, 0.29) is 29.4 Å². The fourth-order valence-corrected chi connectivity index (χ4v) is 3.72. The fourth-order valence-electron chi connectivity index (χ4n) is 3.72. The number of rotatable bonds is 6. The molecule has 0 aliphatic rings. The van der Waals surface area contributed by atoms with Crippen molar-refractivity contribution in [3.8, 4) is 22.9 Å². The maximum atomic E-state index is 13.1. The summed E-state index contributed by atoms with van der Waals surface area (Å²) in [6.07, 6.45) is -1.11. The standard InChI is InChI=1S/C26H20F3N7O2/c1-14(16-4-3-11-31-13-16)32-25-34-19(15-7-9-17(10-8-15)26(27,28)29)12-21(35-25)38-20-6-2-5-18-22(20)36-23(30)24(37)33-18/h2-14H,1H3,(H2,30,36)(H,33,37)(H,32,34,35)/t14-/m0/s1. The molecule has 0 spiro atoms. The molecular weight excluding hydrogens is 499 g/mol. The van der Waals surface area contributed by atoms with Crippen LogP contribution in [0.3, 0.4) is 0 Å². The average molecular weight is 519 g/mol. The summed E-state index contributed by atoms with van der Waals surface area (Å²) in [4.78, 5) is 31.7. The molecule has 0 saturated carbocycles. The molecular formula is C26H20F3N7O2. The summed E-state index contributed by atoms with van der Waals surface area (Å²) in [6, 6.07) is 14.5. The Morgan fingerprint density at radius 1 is 1.03 bits per heavy atom. The first kappa shape index (κ1) is 24.7. The molecule has 38 heavy (non-hydrogen) atoms. The van der Waals surface area contributed by atoms with Gasteiger partial charge in [-0.05, 0) is 42.8 Å². The van der Waals surface area contributed by atoms with Crippen molar-refractivity contribution in [2.24, 2.45) is 0 Å². The minimum Gasteiger partial charge on any atom is -0.436 e. The van der Waals surface area contributed by atoms with Gasteiger partial charge in [-0.1, -0.05) is 24.3 Å². The van der Waals surface area contributed by atoms with Crippen LogP contribution in [-0.2, 0) is 6.18 Å². The minimum absolute atomic E-state index is 0.0925. The van der Waals surface area contributed by atoms with Crippen LogP contribution >= 0.6 is 0 Å².